The predicted molar refractivity (Wildman–Crippen MR) is 96.4 cm³/mol. The summed E-state index contributed by atoms with van der Waals surface area (Å²) in [6, 6.07) is 11.2. The van der Waals surface area contributed by atoms with E-state index in [-0.39, 0.29) is 5.56 Å². The summed E-state index contributed by atoms with van der Waals surface area (Å²) in [7, 11) is 0. The van der Waals surface area contributed by atoms with Gasteiger partial charge >= 0.3 is 12.1 Å². The molecule has 6 heteroatoms. The molecule has 2 aromatic carbocycles. The summed E-state index contributed by atoms with van der Waals surface area (Å²) in [5, 5.41) is 9.66. The van der Waals surface area contributed by atoms with Gasteiger partial charge in [-0.2, -0.15) is 13.2 Å². The van der Waals surface area contributed by atoms with Gasteiger partial charge in [0, 0.05) is 0 Å². The van der Waals surface area contributed by atoms with Gasteiger partial charge in [0.05, 0.1) is 11.6 Å². The van der Waals surface area contributed by atoms with E-state index in [0.29, 0.717) is 18.5 Å². The SMILES string of the molecule is Cc1ccc(C(c2ccccc2C(F)(F)F)N2CCCCC2C(=O)O)cc1. The molecule has 1 heterocycles. The number of rotatable bonds is 4. The Morgan fingerprint density at radius 1 is 1.11 bits per heavy atom. The molecule has 1 aliphatic heterocycles. The quantitative estimate of drug-likeness (QED) is 0.811. The zero-order valence-corrected chi connectivity index (χ0v) is 15.0. The third-order valence-electron chi connectivity index (χ3n) is 5.11. The molecule has 27 heavy (non-hydrogen) atoms. The molecule has 3 rings (SSSR count). The highest BCUT2D eigenvalue weighted by Gasteiger charge is 2.40. The van der Waals surface area contributed by atoms with Crippen LogP contribution in [0, 0.1) is 6.92 Å². The number of benzene rings is 2. The van der Waals surface area contributed by atoms with Gasteiger partial charge in [0.2, 0.25) is 0 Å². The van der Waals surface area contributed by atoms with Gasteiger partial charge in [-0.05, 0) is 43.5 Å². The molecule has 1 N–H and O–H groups in total. The maximum absolute atomic E-state index is 13.7. The van der Waals surface area contributed by atoms with Gasteiger partial charge in [-0.3, -0.25) is 9.69 Å². The Kier molecular flexibility index (Phi) is 5.56. The van der Waals surface area contributed by atoms with Gasteiger partial charge in [-0.15, -0.1) is 0 Å². The molecule has 0 radical (unpaired) electrons. The molecular weight excluding hydrogens is 355 g/mol. The number of carboxylic acids is 1. The van der Waals surface area contributed by atoms with Crippen molar-refractivity contribution in [1.29, 1.82) is 0 Å². The van der Waals surface area contributed by atoms with E-state index in [0.717, 1.165) is 24.5 Å². The summed E-state index contributed by atoms with van der Waals surface area (Å²) in [5.74, 6) is -0.990. The molecule has 1 fully saturated rings. The molecule has 0 spiro atoms. The minimum atomic E-state index is -4.51. The van der Waals surface area contributed by atoms with Gasteiger partial charge in [-0.1, -0.05) is 54.4 Å². The Balaban J connectivity index is 2.17. The second kappa shape index (κ2) is 7.72. The predicted octanol–water partition coefficient (Wildman–Crippen LogP) is 5.04. The molecule has 0 bridgehead atoms. The molecule has 1 aliphatic rings. The van der Waals surface area contributed by atoms with Crippen LogP contribution in [0.1, 0.15) is 47.6 Å². The maximum Gasteiger partial charge on any atom is 0.416 e. The Bertz CT molecular complexity index is 802. The summed E-state index contributed by atoms with van der Waals surface area (Å²) < 4.78 is 41.0. The minimum absolute atomic E-state index is 0.0991. The number of hydrogen-bond acceptors (Lipinski definition) is 2. The average Bonchev–Trinajstić information content (AvgIpc) is 2.63. The Morgan fingerprint density at radius 2 is 1.78 bits per heavy atom. The second-order valence-electron chi connectivity index (χ2n) is 6.99. The number of carbonyl (C=O) groups is 1. The Hall–Kier alpha value is -2.34. The van der Waals surface area contributed by atoms with E-state index in [1.807, 2.05) is 19.1 Å². The second-order valence-corrected chi connectivity index (χ2v) is 6.99. The monoisotopic (exact) mass is 377 g/mol. The van der Waals surface area contributed by atoms with Crippen LogP contribution in [0.3, 0.4) is 0 Å². The molecular formula is C21H22F3NO2. The van der Waals surface area contributed by atoms with Crippen molar-refractivity contribution >= 4 is 5.97 Å². The zero-order valence-electron chi connectivity index (χ0n) is 15.0. The van der Waals surface area contributed by atoms with Crippen LogP contribution in [-0.4, -0.2) is 28.6 Å². The van der Waals surface area contributed by atoms with Crippen LogP contribution >= 0.6 is 0 Å². The van der Waals surface area contributed by atoms with Crippen LogP contribution in [0.2, 0.25) is 0 Å². The standard InChI is InChI=1S/C21H22F3NO2/c1-14-9-11-15(12-10-14)19(25-13-5-4-8-18(25)20(26)27)16-6-2-3-7-17(16)21(22,23)24/h2-3,6-7,9-12,18-19H,4-5,8,13H2,1H3,(H,26,27). The number of nitrogens with zero attached hydrogens (tertiary/aromatic N) is 1. The molecule has 2 aromatic rings. The molecule has 0 aliphatic carbocycles. The van der Waals surface area contributed by atoms with E-state index in [4.69, 9.17) is 0 Å². The molecule has 2 atom stereocenters. The lowest BCUT2D eigenvalue weighted by molar-refractivity contribution is -0.145. The number of piperidine rings is 1. The smallest absolute Gasteiger partial charge is 0.416 e. The summed E-state index contributed by atoms with van der Waals surface area (Å²) in [5.41, 5.74) is 1.05. The summed E-state index contributed by atoms with van der Waals surface area (Å²) in [6.45, 7) is 2.35. The number of carboxylic acid groups (broad SMARTS) is 1. The summed E-state index contributed by atoms with van der Waals surface area (Å²) in [6.07, 6.45) is -2.55. The van der Waals surface area contributed by atoms with Gasteiger partial charge in [0.15, 0.2) is 0 Å². The lowest BCUT2D eigenvalue weighted by Crippen LogP contribution is -2.47. The van der Waals surface area contributed by atoms with Crippen LogP contribution < -0.4 is 0 Å². The van der Waals surface area contributed by atoms with E-state index in [2.05, 4.69) is 0 Å². The molecule has 1 saturated heterocycles. The van der Waals surface area contributed by atoms with E-state index in [1.54, 1.807) is 23.1 Å². The first-order valence-corrected chi connectivity index (χ1v) is 9.00. The molecule has 144 valence electrons. The van der Waals surface area contributed by atoms with Crippen molar-refractivity contribution in [2.75, 3.05) is 6.54 Å². The highest BCUT2D eigenvalue weighted by Crippen LogP contribution is 2.41. The van der Waals surface area contributed by atoms with Crippen LogP contribution in [0.5, 0.6) is 0 Å². The number of hydrogen-bond donors (Lipinski definition) is 1. The fourth-order valence-electron chi connectivity index (χ4n) is 3.82. The number of halogens is 3. The lowest BCUT2D eigenvalue weighted by atomic mass is 9.89. The fraction of sp³-hybridized carbons (Fsp3) is 0.381. The van der Waals surface area contributed by atoms with E-state index in [1.165, 1.54) is 12.1 Å². The third-order valence-corrected chi connectivity index (χ3v) is 5.11. The first-order chi connectivity index (χ1) is 12.8. The van der Waals surface area contributed by atoms with Gasteiger partial charge in [0.1, 0.15) is 6.04 Å². The van der Waals surface area contributed by atoms with Crippen molar-refractivity contribution < 1.29 is 23.1 Å². The van der Waals surface area contributed by atoms with Crippen LogP contribution in [0.15, 0.2) is 48.5 Å². The fourth-order valence-corrected chi connectivity index (χ4v) is 3.82. The van der Waals surface area contributed by atoms with Crippen molar-refractivity contribution in [3.05, 3.63) is 70.8 Å². The van der Waals surface area contributed by atoms with Crippen molar-refractivity contribution in [1.82, 2.24) is 4.90 Å². The van der Waals surface area contributed by atoms with Gasteiger partial charge in [0.25, 0.3) is 0 Å². The normalized spacial score (nSPS) is 19.6. The number of aliphatic carboxylic acids is 1. The third kappa shape index (κ3) is 4.16. The van der Waals surface area contributed by atoms with Crippen molar-refractivity contribution in [2.45, 2.75) is 44.4 Å². The van der Waals surface area contributed by atoms with Crippen molar-refractivity contribution in [3.8, 4) is 0 Å². The molecule has 0 aromatic heterocycles. The first-order valence-electron chi connectivity index (χ1n) is 9.00. The van der Waals surface area contributed by atoms with Crippen LogP contribution in [0.4, 0.5) is 13.2 Å². The van der Waals surface area contributed by atoms with Gasteiger partial charge in [-0.25, -0.2) is 0 Å². The van der Waals surface area contributed by atoms with Crippen molar-refractivity contribution in [3.63, 3.8) is 0 Å². The largest absolute Gasteiger partial charge is 0.480 e. The molecule has 0 amide bonds. The Morgan fingerprint density at radius 3 is 2.41 bits per heavy atom. The summed E-state index contributed by atoms with van der Waals surface area (Å²) >= 11 is 0. The van der Waals surface area contributed by atoms with Gasteiger partial charge < -0.3 is 5.11 Å². The van der Waals surface area contributed by atoms with E-state index >= 15 is 0 Å². The summed E-state index contributed by atoms with van der Waals surface area (Å²) in [4.78, 5) is 13.5. The highest BCUT2D eigenvalue weighted by atomic mass is 19.4. The highest BCUT2D eigenvalue weighted by molar-refractivity contribution is 5.73. The van der Waals surface area contributed by atoms with Crippen molar-refractivity contribution in [2.24, 2.45) is 0 Å². The zero-order chi connectivity index (χ0) is 19.6. The number of aryl methyl sites for hydroxylation is 1. The molecule has 3 nitrogen and oxygen atoms in total. The maximum atomic E-state index is 13.7. The minimum Gasteiger partial charge on any atom is -0.480 e. The lowest BCUT2D eigenvalue weighted by Gasteiger charge is -2.40. The number of likely N-dealkylation sites (tertiary alicyclic amines) is 1. The average molecular weight is 377 g/mol. The van der Waals surface area contributed by atoms with Crippen LogP contribution in [-0.2, 0) is 11.0 Å². The first kappa shape index (κ1) is 19.4. The Labute approximate surface area is 156 Å². The number of alkyl halides is 3. The molecule has 0 saturated carbocycles. The van der Waals surface area contributed by atoms with E-state index < -0.39 is 29.8 Å². The van der Waals surface area contributed by atoms with E-state index in [9.17, 15) is 23.1 Å². The molecule has 2 unspecified atom stereocenters. The topological polar surface area (TPSA) is 40.5 Å². The van der Waals surface area contributed by atoms with Crippen LogP contribution in [0.25, 0.3) is 0 Å².